The number of rotatable bonds is 4. The Morgan fingerprint density at radius 2 is 2.10 bits per heavy atom. The second kappa shape index (κ2) is 5.49. The zero-order valence-electron chi connectivity index (χ0n) is 11.6. The molecule has 0 saturated heterocycles. The van der Waals surface area contributed by atoms with Crippen LogP contribution in [0.3, 0.4) is 0 Å². The maximum atomic E-state index is 12.0. The molecule has 2 aromatic rings. The molecule has 0 amide bonds. The number of ether oxygens (including phenoxy) is 1. The van der Waals surface area contributed by atoms with Gasteiger partial charge in [0, 0.05) is 11.3 Å². The lowest BCUT2D eigenvalue weighted by Gasteiger charge is -2.05. The van der Waals surface area contributed by atoms with Crippen molar-refractivity contribution in [1.29, 1.82) is 0 Å². The van der Waals surface area contributed by atoms with Crippen LogP contribution in [-0.4, -0.2) is 22.4 Å². The predicted octanol–water partition coefficient (Wildman–Crippen LogP) is 2.60. The standard InChI is InChI=1S/C16H18N2O2/c1-2-20-16(19)15-13-9-6-10-14(13)18(17-15)11-12-7-4-3-5-8-12/h3-5,7-8H,2,6,9-11H2,1H3. The van der Waals surface area contributed by atoms with E-state index in [0.717, 1.165) is 24.8 Å². The van der Waals surface area contributed by atoms with Crippen molar-refractivity contribution in [3.05, 3.63) is 52.8 Å². The smallest absolute Gasteiger partial charge is 0.359 e. The van der Waals surface area contributed by atoms with Crippen LogP contribution in [0.25, 0.3) is 0 Å². The van der Waals surface area contributed by atoms with Crippen LogP contribution < -0.4 is 0 Å². The van der Waals surface area contributed by atoms with Crippen LogP contribution in [0.15, 0.2) is 30.3 Å². The third kappa shape index (κ3) is 2.33. The number of carbonyl (C=O) groups excluding carboxylic acids is 1. The highest BCUT2D eigenvalue weighted by Gasteiger charge is 2.26. The average Bonchev–Trinajstić information content (AvgIpc) is 3.04. The molecule has 3 rings (SSSR count). The first kappa shape index (κ1) is 12.9. The van der Waals surface area contributed by atoms with E-state index in [1.165, 1.54) is 11.3 Å². The molecule has 0 spiro atoms. The lowest BCUT2D eigenvalue weighted by atomic mass is 10.2. The number of carbonyl (C=O) groups is 1. The summed E-state index contributed by atoms with van der Waals surface area (Å²) in [7, 11) is 0. The number of hydrogen-bond acceptors (Lipinski definition) is 3. The van der Waals surface area contributed by atoms with E-state index in [1.807, 2.05) is 29.8 Å². The monoisotopic (exact) mass is 270 g/mol. The summed E-state index contributed by atoms with van der Waals surface area (Å²) < 4.78 is 7.06. The van der Waals surface area contributed by atoms with Crippen molar-refractivity contribution in [1.82, 2.24) is 9.78 Å². The van der Waals surface area contributed by atoms with Gasteiger partial charge in [0.05, 0.1) is 13.2 Å². The maximum absolute atomic E-state index is 12.0. The van der Waals surface area contributed by atoms with E-state index in [9.17, 15) is 4.79 Å². The summed E-state index contributed by atoms with van der Waals surface area (Å²) >= 11 is 0. The van der Waals surface area contributed by atoms with Gasteiger partial charge in [0.25, 0.3) is 0 Å². The van der Waals surface area contributed by atoms with Crippen LogP contribution in [-0.2, 0) is 24.1 Å². The normalized spacial score (nSPS) is 13.2. The van der Waals surface area contributed by atoms with E-state index in [4.69, 9.17) is 4.74 Å². The summed E-state index contributed by atoms with van der Waals surface area (Å²) in [4.78, 5) is 12.0. The van der Waals surface area contributed by atoms with E-state index in [1.54, 1.807) is 0 Å². The number of fused-ring (bicyclic) bond motifs is 1. The third-order valence-corrected chi connectivity index (χ3v) is 3.65. The molecule has 1 aromatic heterocycles. The van der Waals surface area contributed by atoms with Crippen molar-refractivity contribution in [3.8, 4) is 0 Å². The highest BCUT2D eigenvalue weighted by atomic mass is 16.5. The van der Waals surface area contributed by atoms with E-state index >= 15 is 0 Å². The molecule has 0 saturated carbocycles. The van der Waals surface area contributed by atoms with E-state index < -0.39 is 0 Å². The van der Waals surface area contributed by atoms with Crippen LogP contribution in [0.4, 0.5) is 0 Å². The van der Waals surface area contributed by atoms with E-state index in [2.05, 4.69) is 17.2 Å². The van der Waals surface area contributed by atoms with E-state index in [0.29, 0.717) is 18.8 Å². The van der Waals surface area contributed by atoms with Gasteiger partial charge < -0.3 is 4.74 Å². The van der Waals surface area contributed by atoms with Crippen molar-refractivity contribution in [2.75, 3.05) is 6.61 Å². The molecular weight excluding hydrogens is 252 g/mol. The number of nitrogens with zero attached hydrogens (tertiary/aromatic N) is 2. The van der Waals surface area contributed by atoms with Gasteiger partial charge in [-0.3, -0.25) is 4.68 Å². The molecular formula is C16H18N2O2. The minimum absolute atomic E-state index is 0.294. The SMILES string of the molecule is CCOC(=O)c1nn(Cc2ccccc2)c2c1CCC2. The summed E-state index contributed by atoms with van der Waals surface area (Å²) in [6.07, 6.45) is 3.02. The molecule has 104 valence electrons. The Balaban J connectivity index is 1.92. The Labute approximate surface area is 118 Å². The number of benzene rings is 1. The molecule has 0 unspecified atom stereocenters. The number of esters is 1. The van der Waals surface area contributed by atoms with Crippen molar-refractivity contribution < 1.29 is 9.53 Å². The molecule has 1 aromatic carbocycles. The van der Waals surface area contributed by atoms with Gasteiger partial charge in [0.15, 0.2) is 5.69 Å². The first-order chi connectivity index (χ1) is 9.79. The fourth-order valence-electron chi connectivity index (χ4n) is 2.76. The van der Waals surface area contributed by atoms with Crippen molar-refractivity contribution in [2.24, 2.45) is 0 Å². The molecule has 1 aliphatic rings. The summed E-state index contributed by atoms with van der Waals surface area (Å²) in [5.41, 5.74) is 3.98. The van der Waals surface area contributed by atoms with Gasteiger partial charge in [-0.1, -0.05) is 30.3 Å². The fourth-order valence-corrected chi connectivity index (χ4v) is 2.76. The van der Waals surface area contributed by atoms with Crippen molar-refractivity contribution >= 4 is 5.97 Å². The number of hydrogen-bond donors (Lipinski definition) is 0. The average molecular weight is 270 g/mol. The summed E-state index contributed by atoms with van der Waals surface area (Å²) in [6, 6.07) is 10.2. The lowest BCUT2D eigenvalue weighted by Crippen LogP contribution is -2.10. The molecule has 1 heterocycles. The quantitative estimate of drug-likeness (QED) is 0.802. The minimum atomic E-state index is -0.294. The topological polar surface area (TPSA) is 44.1 Å². The highest BCUT2D eigenvalue weighted by Crippen LogP contribution is 2.26. The zero-order valence-corrected chi connectivity index (χ0v) is 11.6. The minimum Gasteiger partial charge on any atom is -0.461 e. The van der Waals surface area contributed by atoms with E-state index in [-0.39, 0.29) is 5.97 Å². The summed E-state index contributed by atoms with van der Waals surface area (Å²) in [6.45, 7) is 2.92. The number of aromatic nitrogens is 2. The second-order valence-corrected chi connectivity index (χ2v) is 4.99. The van der Waals surface area contributed by atoms with Crippen LogP contribution in [0.2, 0.25) is 0 Å². The van der Waals surface area contributed by atoms with Gasteiger partial charge >= 0.3 is 5.97 Å². The van der Waals surface area contributed by atoms with Gasteiger partial charge in [0.1, 0.15) is 0 Å². The molecule has 0 bridgehead atoms. The Hall–Kier alpha value is -2.10. The molecule has 0 radical (unpaired) electrons. The Kier molecular flexibility index (Phi) is 3.54. The Morgan fingerprint density at radius 3 is 2.85 bits per heavy atom. The molecule has 0 fully saturated rings. The molecule has 0 N–H and O–H groups in total. The molecule has 4 heteroatoms. The predicted molar refractivity (Wildman–Crippen MR) is 75.8 cm³/mol. The van der Waals surface area contributed by atoms with Crippen molar-refractivity contribution in [2.45, 2.75) is 32.7 Å². The van der Waals surface area contributed by atoms with Crippen LogP contribution in [0.5, 0.6) is 0 Å². The van der Waals surface area contributed by atoms with Crippen molar-refractivity contribution in [3.63, 3.8) is 0 Å². The van der Waals surface area contributed by atoms with Crippen LogP contribution >= 0.6 is 0 Å². The second-order valence-electron chi connectivity index (χ2n) is 4.99. The Morgan fingerprint density at radius 1 is 1.30 bits per heavy atom. The summed E-state index contributed by atoms with van der Waals surface area (Å²) in [5.74, 6) is -0.294. The Bertz CT molecular complexity index is 617. The van der Waals surface area contributed by atoms with Crippen LogP contribution in [0, 0.1) is 0 Å². The van der Waals surface area contributed by atoms with Gasteiger partial charge in [0.2, 0.25) is 0 Å². The van der Waals surface area contributed by atoms with Crippen LogP contribution in [0.1, 0.15) is 40.7 Å². The van der Waals surface area contributed by atoms with Gasteiger partial charge in [-0.25, -0.2) is 4.79 Å². The van der Waals surface area contributed by atoms with Gasteiger partial charge in [-0.2, -0.15) is 5.10 Å². The first-order valence-corrected chi connectivity index (χ1v) is 7.09. The molecule has 1 aliphatic carbocycles. The van der Waals surface area contributed by atoms with Gasteiger partial charge in [-0.05, 0) is 31.7 Å². The van der Waals surface area contributed by atoms with Gasteiger partial charge in [-0.15, -0.1) is 0 Å². The maximum Gasteiger partial charge on any atom is 0.359 e. The first-order valence-electron chi connectivity index (χ1n) is 7.09. The summed E-state index contributed by atoms with van der Waals surface area (Å²) in [5, 5.41) is 4.49. The molecule has 20 heavy (non-hydrogen) atoms. The largest absolute Gasteiger partial charge is 0.461 e. The molecule has 0 atom stereocenters. The lowest BCUT2D eigenvalue weighted by molar-refractivity contribution is 0.0517. The zero-order chi connectivity index (χ0) is 13.9. The third-order valence-electron chi connectivity index (χ3n) is 3.65. The fraction of sp³-hybridized carbons (Fsp3) is 0.375. The molecule has 4 nitrogen and oxygen atoms in total. The molecule has 0 aliphatic heterocycles. The highest BCUT2D eigenvalue weighted by molar-refractivity contribution is 5.89.